The minimum Gasteiger partial charge on any atom is -0.349 e. The Morgan fingerprint density at radius 1 is 1.25 bits per heavy atom. The van der Waals surface area contributed by atoms with E-state index in [4.69, 9.17) is 11.6 Å². The van der Waals surface area contributed by atoms with Gasteiger partial charge in [-0.15, -0.1) is 0 Å². The molecule has 1 saturated heterocycles. The Bertz CT molecular complexity index is 820. The molecule has 0 bridgehead atoms. The van der Waals surface area contributed by atoms with Crippen LogP contribution in [0, 0.1) is 19.8 Å². The van der Waals surface area contributed by atoms with E-state index in [-0.39, 0.29) is 17.9 Å². The maximum absolute atomic E-state index is 13.0. The molecule has 1 heterocycles. The van der Waals surface area contributed by atoms with Gasteiger partial charge >= 0.3 is 0 Å². The first-order valence-corrected chi connectivity index (χ1v) is 10.7. The summed E-state index contributed by atoms with van der Waals surface area (Å²) in [6.45, 7) is 8.98. The summed E-state index contributed by atoms with van der Waals surface area (Å²) in [6, 6.07) is 14.5. The van der Waals surface area contributed by atoms with Crippen LogP contribution in [-0.4, -0.2) is 23.9 Å². The van der Waals surface area contributed by atoms with Crippen molar-refractivity contribution in [2.45, 2.75) is 52.6 Å². The monoisotopic (exact) mass is 398 g/mol. The van der Waals surface area contributed by atoms with E-state index in [1.807, 2.05) is 18.2 Å². The lowest BCUT2D eigenvalue weighted by atomic mass is 9.94. The summed E-state index contributed by atoms with van der Waals surface area (Å²) in [5, 5.41) is 4.12. The molecule has 3 rings (SSSR count). The zero-order valence-corrected chi connectivity index (χ0v) is 17.9. The van der Waals surface area contributed by atoms with Crippen LogP contribution in [0.2, 0.25) is 5.02 Å². The summed E-state index contributed by atoms with van der Waals surface area (Å²) < 4.78 is 0. The van der Waals surface area contributed by atoms with Crippen LogP contribution in [0.5, 0.6) is 0 Å². The largest absolute Gasteiger partial charge is 0.349 e. The van der Waals surface area contributed by atoms with Gasteiger partial charge in [0.25, 0.3) is 0 Å². The average Bonchev–Trinajstić information content (AvgIpc) is 2.68. The van der Waals surface area contributed by atoms with Gasteiger partial charge in [-0.25, -0.2) is 0 Å². The average molecular weight is 399 g/mol. The molecule has 0 saturated carbocycles. The first kappa shape index (κ1) is 20.9. The van der Waals surface area contributed by atoms with E-state index in [0.29, 0.717) is 0 Å². The summed E-state index contributed by atoms with van der Waals surface area (Å²) in [4.78, 5) is 15.4. The van der Waals surface area contributed by atoms with E-state index in [0.717, 1.165) is 49.5 Å². The molecular weight excluding hydrogens is 368 g/mol. The lowest BCUT2D eigenvalue weighted by molar-refractivity contribution is -0.127. The first-order chi connectivity index (χ1) is 13.5. The Kier molecular flexibility index (Phi) is 7.14. The van der Waals surface area contributed by atoms with Gasteiger partial charge in [-0.05, 0) is 62.4 Å². The van der Waals surface area contributed by atoms with E-state index < -0.39 is 0 Å². The van der Waals surface area contributed by atoms with Gasteiger partial charge in [0.15, 0.2) is 0 Å². The molecule has 0 aliphatic carbocycles. The molecule has 1 aliphatic heterocycles. The summed E-state index contributed by atoms with van der Waals surface area (Å²) in [5.41, 5.74) is 4.86. The molecule has 2 atom stereocenters. The first-order valence-electron chi connectivity index (χ1n) is 10.3. The van der Waals surface area contributed by atoms with Crippen LogP contribution in [0.15, 0.2) is 42.5 Å². The number of nitrogens with zero attached hydrogens (tertiary/aromatic N) is 1. The van der Waals surface area contributed by atoms with E-state index in [1.165, 1.54) is 16.7 Å². The van der Waals surface area contributed by atoms with Crippen LogP contribution in [-0.2, 0) is 11.3 Å². The molecule has 2 aromatic carbocycles. The van der Waals surface area contributed by atoms with Crippen molar-refractivity contribution in [1.29, 1.82) is 0 Å². The quantitative estimate of drug-likeness (QED) is 0.702. The molecule has 150 valence electrons. The molecular formula is C24H31ClN2O. The Labute approximate surface area is 174 Å². The van der Waals surface area contributed by atoms with Gasteiger partial charge in [0.2, 0.25) is 5.91 Å². The van der Waals surface area contributed by atoms with Gasteiger partial charge in [-0.2, -0.15) is 0 Å². The number of halogens is 1. The van der Waals surface area contributed by atoms with Gasteiger partial charge in [-0.3, -0.25) is 9.69 Å². The molecule has 0 unspecified atom stereocenters. The normalized spacial score (nSPS) is 18.6. The lowest BCUT2D eigenvalue weighted by Gasteiger charge is -2.33. The number of aryl methyl sites for hydroxylation is 2. The van der Waals surface area contributed by atoms with Crippen LogP contribution in [0.25, 0.3) is 0 Å². The lowest BCUT2D eigenvalue weighted by Crippen LogP contribution is -2.43. The second kappa shape index (κ2) is 9.58. The Morgan fingerprint density at radius 3 is 2.75 bits per heavy atom. The van der Waals surface area contributed by atoms with Crippen LogP contribution >= 0.6 is 11.6 Å². The summed E-state index contributed by atoms with van der Waals surface area (Å²) in [7, 11) is 0. The van der Waals surface area contributed by atoms with Crippen LogP contribution in [0.1, 0.15) is 54.5 Å². The SMILES string of the molecule is CC[C@@H](NC(=O)[C@H]1CCCN(Cc2ccccc2Cl)C1)c1ccc(C)cc1C. The molecule has 1 aliphatic rings. The second-order valence-electron chi connectivity index (χ2n) is 8.00. The summed E-state index contributed by atoms with van der Waals surface area (Å²) in [6.07, 6.45) is 2.89. The van der Waals surface area contributed by atoms with Gasteiger partial charge in [0, 0.05) is 18.1 Å². The topological polar surface area (TPSA) is 32.3 Å². The molecule has 1 N–H and O–H groups in total. The predicted octanol–water partition coefficient (Wildman–Crippen LogP) is 5.44. The number of hydrogen-bond donors (Lipinski definition) is 1. The number of carbonyl (C=O) groups is 1. The van der Waals surface area contributed by atoms with Crippen molar-refractivity contribution in [1.82, 2.24) is 10.2 Å². The number of nitrogens with one attached hydrogen (secondary N) is 1. The summed E-state index contributed by atoms with van der Waals surface area (Å²) in [5.74, 6) is 0.215. The third-order valence-corrected chi connectivity index (χ3v) is 6.12. The maximum Gasteiger partial charge on any atom is 0.224 e. The predicted molar refractivity (Wildman–Crippen MR) is 117 cm³/mol. The molecule has 3 nitrogen and oxygen atoms in total. The highest BCUT2D eigenvalue weighted by molar-refractivity contribution is 6.31. The molecule has 0 radical (unpaired) electrons. The third-order valence-electron chi connectivity index (χ3n) is 5.75. The van der Waals surface area contributed by atoms with Gasteiger partial charge < -0.3 is 5.32 Å². The molecule has 28 heavy (non-hydrogen) atoms. The van der Waals surface area contributed by atoms with E-state index in [9.17, 15) is 4.79 Å². The number of amides is 1. The number of carbonyl (C=O) groups excluding carboxylic acids is 1. The summed E-state index contributed by atoms with van der Waals surface area (Å²) >= 11 is 6.32. The van der Waals surface area contributed by atoms with Crippen molar-refractivity contribution in [2.24, 2.45) is 5.92 Å². The number of hydrogen-bond acceptors (Lipinski definition) is 2. The van der Waals surface area contributed by atoms with Crippen molar-refractivity contribution in [2.75, 3.05) is 13.1 Å². The maximum atomic E-state index is 13.0. The molecule has 2 aromatic rings. The van der Waals surface area contributed by atoms with Crippen LogP contribution in [0.4, 0.5) is 0 Å². The van der Waals surface area contributed by atoms with Crippen molar-refractivity contribution in [3.05, 3.63) is 69.7 Å². The van der Waals surface area contributed by atoms with E-state index in [1.54, 1.807) is 0 Å². The smallest absolute Gasteiger partial charge is 0.224 e. The van der Waals surface area contributed by atoms with E-state index >= 15 is 0 Å². The van der Waals surface area contributed by atoms with Crippen LogP contribution in [0.3, 0.4) is 0 Å². The number of likely N-dealkylation sites (tertiary alicyclic amines) is 1. The molecule has 0 spiro atoms. The number of piperidine rings is 1. The minimum absolute atomic E-state index is 0.0380. The highest BCUT2D eigenvalue weighted by Crippen LogP contribution is 2.25. The highest BCUT2D eigenvalue weighted by atomic mass is 35.5. The Morgan fingerprint density at radius 2 is 2.04 bits per heavy atom. The molecule has 4 heteroatoms. The van der Waals surface area contributed by atoms with Crippen molar-refractivity contribution >= 4 is 17.5 Å². The third kappa shape index (κ3) is 5.15. The zero-order valence-electron chi connectivity index (χ0n) is 17.2. The minimum atomic E-state index is 0.0380. The second-order valence-corrected chi connectivity index (χ2v) is 8.40. The highest BCUT2D eigenvalue weighted by Gasteiger charge is 2.27. The zero-order chi connectivity index (χ0) is 20.1. The standard InChI is InChI=1S/C24H31ClN2O/c1-4-23(21-12-11-17(2)14-18(21)3)26-24(28)20-9-7-13-27(16-20)15-19-8-5-6-10-22(19)25/h5-6,8,10-12,14,20,23H,4,7,9,13,15-16H2,1-3H3,(H,26,28)/t20-,23+/m0/s1. The molecule has 0 aromatic heterocycles. The van der Waals surface area contributed by atoms with Gasteiger partial charge in [-0.1, -0.05) is 60.5 Å². The fourth-order valence-electron chi connectivity index (χ4n) is 4.19. The number of benzene rings is 2. The molecule has 1 fully saturated rings. The number of rotatable bonds is 6. The van der Waals surface area contributed by atoms with Gasteiger partial charge in [0.05, 0.1) is 12.0 Å². The Balaban J connectivity index is 1.63. The van der Waals surface area contributed by atoms with Crippen molar-refractivity contribution in [3.63, 3.8) is 0 Å². The van der Waals surface area contributed by atoms with Crippen LogP contribution < -0.4 is 5.32 Å². The molecule has 1 amide bonds. The van der Waals surface area contributed by atoms with E-state index in [2.05, 4.69) is 55.3 Å². The van der Waals surface area contributed by atoms with Crippen molar-refractivity contribution < 1.29 is 4.79 Å². The fraction of sp³-hybridized carbons (Fsp3) is 0.458. The van der Waals surface area contributed by atoms with Crippen molar-refractivity contribution in [3.8, 4) is 0 Å². The fourth-order valence-corrected chi connectivity index (χ4v) is 4.38. The van der Waals surface area contributed by atoms with Gasteiger partial charge in [0.1, 0.15) is 0 Å². The Hall–Kier alpha value is -1.84.